The molecule has 6 heteroatoms. The second-order valence-corrected chi connectivity index (χ2v) is 5.88. The summed E-state index contributed by atoms with van der Waals surface area (Å²) in [6.45, 7) is 0. The van der Waals surface area contributed by atoms with Crippen LogP contribution in [0, 0.1) is 0 Å². The Hall–Kier alpha value is -3.80. The highest BCUT2D eigenvalue weighted by Crippen LogP contribution is 2.30. The van der Waals surface area contributed by atoms with Gasteiger partial charge in [0.1, 0.15) is 11.2 Å². The Kier molecular flexibility index (Phi) is 2.99. The van der Waals surface area contributed by atoms with Crippen molar-refractivity contribution >= 4 is 28.6 Å². The number of anilines is 1. The van der Waals surface area contributed by atoms with Crippen LogP contribution in [0.3, 0.4) is 0 Å². The van der Waals surface area contributed by atoms with E-state index in [1.165, 1.54) is 6.20 Å². The van der Waals surface area contributed by atoms with E-state index in [1.807, 2.05) is 24.3 Å². The zero-order valence-electron chi connectivity index (χ0n) is 13.4. The highest BCUT2D eigenvalue weighted by Gasteiger charge is 2.37. The molecule has 2 aromatic heterocycles. The number of rotatable bonds is 2. The fourth-order valence-corrected chi connectivity index (χ4v) is 3.05. The molecule has 0 atom stereocenters. The number of fused-ring (bicyclic) bond motifs is 2. The van der Waals surface area contributed by atoms with Crippen LogP contribution in [-0.2, 0) is 0 Å². The minimum absolute atomic E-state index is 0.181. The molecule has 0 N–H and O–H groups in total. The van der Waals surface area contributed by atoms with Crippen molar-refractivity contribution in [2.45, 2.75) is 0 Å². The minimum atomic E-state index is -0.416. The molecule has 0 saturated heterocycles. The van der Waals surface area contributed by atoms with Crippen LogP contribution in [0.2, 0.25) is 0 Å². The summed E-state index contributed by atoms with van der Waals surface area (Å²) in [5, 5.41) is 0. The van der Waals surface area contributed by atoms with Gasteiger partial charge in [-0.1, -0.05) is 12.1 Å². The number of nitrogens with zero attached hydrogens (tertiary/aromatic N) is 3. The van der Waals surface area contributed by atoms with E-state index in [-0.39, 0.29) is 11.6 Å². The van der Waals surface area contributed by atoms with E-state index in [0.29, 0.717) is 22.7 Å². The summed E-state index contributed by atoms with van der Waals surface area (Å²) in [7, 11) is 0. The number of pyridine rings is 1. The highest BCUT2D eigenvalue weighted by atomic mass is 16.3. The summed E-state index contributed by atoms with van der Waals surface area (Å²) in [6.07, 6.45) is 1.50. The molecule has 6 nitrogen and oxygen atoms in total. The molecule has 1 aliphatic heterocycles. The molecule has 0 spiro atoms. The van der Waals surface area contributed by atoms with Crippen molar-refractivity contribution in [3.05, 3.63) is 78.1 Å². The number of carbonyl (C=O) groups excluding carboxylic acids is 2. The maximum absolute atomic E-state index is 12.5. The van der Waals surface area contributed by atoms with Gasteiger partial charge in [-0.3, -0.25) is 14.6 Å². The molecule has 3 heterocycles. The van der Waals surface area contributed by atoms with Crippen molar-refractivity contribution < 1.29 is 14.0 Å². The molecule has 124 valence electrons. The smallest absolute Gasteiger partial charge is 0.284 e. The lowest BCUT2D eigenvalue weighted by Gasteiger charge is -2.13. The molecule has 0 unspecified atom stereocenters. The van der Waals surface area contributed by atoms with Crippen LogP contribution in [0.4, 0.5) is 5.69 Å². The SMILES string of the molecule is O=C1c2cccnc2C(=O)N1c1ccc(-c2nc3ccccc3o2)cc1. The fourth-order valence-electron chi connectivity index (χ4n) is 3.05. The first kappa shape index (κ1) is 14.5. The quantitative estimate of drug-likeness (QED) is 0.520. The van der Waals surface area contributed by atoms with E-state index < -0.39 is 5.91 Å². The van der Waals surface area contributed by atoms with E-state index in [4.69, 9.17) is 4.42 Å². The molecule has 1 aliphatic rings. The maximum Gasteiger partial charge on any atom is 0.284 e. The first-order valence-corrected chi connectivity index (χ1v) is 8.02. The second-order valence-electron chi connectivity index (χ2n) is 5.88. The predicted molar refractivity (Wildman–Crippen MR) is 94.8 cm³/mol. The number of aromatic nitrogens is 2. The molecule has 0 aliphatic carbocycles. The van der Waals surface area contributed by atoms with Gasteiger partial charge >= 0.3 is 0 Å². The van der Waals surface area contributed by atoms with Gasteiger partial charge in [0.2, 0.25) is 5.89 Å². The zero-order valence-corrected chi connectivity index (χ0v) is 13.4. The standard InChI is InChI=1S/C20H11N3O3/c24-19-14-4-3-11-21-17(14)20(25)23(19)13-9-7-12(8-10-13)18-22-15-5-1-2-6-16(15)26-18/h1-11H. The van der Waals surface area contributed by atoms with Crippen LogP contribution in [0.15, 0.2) is 71.3 Å². The van der Waals surface area contributed by atoms with E-state index in [2.05, 4.69) is 9.97 Å². The van der Waals surface area contributed by atoms with Crippen molar-refractivity contribution in [2.24, 2.45) is 0 Å². The van der Waals surface area contributed by atoms with E-state index in [0.717, 1.165) is 16.0 Å². The number of hydrogen-bond donors (Lipinski definition) is 0. The number of para-hydroxylation sites is 2. The Morgan fingerprint density at radius 2 is 1.65 bits per heavy atom. The van der Waals surface area contributed by atoms with Crippen LogP contribution in [0.1, 0.15) is 20.8 Å². The van der Waals surface area contributed by atoms with Gasteiger partial charge in [-0.25, -0.2) is 9.88 Å². The van der Waals surface area contributed by atoms with Crippen LogP contribution in [0.25, 0.3) is 22.6 Å². The highest BCUT2D eigenvalue weighted by molar-refractivity contribution is 6.33. The summed E-state index contributed by atoms with van der Waals surface area (Å²) in [4.78, 5) is 34.6. The van der Waals surface area contributed by atoms with Crippen LogP contribution in [0.5, 0.6) is 0 Å². The number of carbonyl (C=O) groups is 2. The average Bonchev–Trinajstić information content (AvgIpc) is 3.22. The molecular formula is C20H11N3O3. The lowest BCUT2D eigenvalue weighted by Crippen LogP contribution is -2.29. The van der Waals surface area contributed by atoms with E-state index in [9.17, 15) is 9.59 Å². The third-order valence-electron chi connectivity index (χ3n) is 4.31. The summed E-state index contributed by atoms with van der Waals surface area (Å²) < 4.78 is 5.74. The Bertz CT molecular complexity index is 1110. The molecule has 5 rings (SSSR count). The van der Waals surface area contributed by atoms with Crippen molar-refractivity contribution in [3.63, 3.8) is 0 Å². The van der Waals surface area contributed by atoms with Crippen molar-refractivity contribution in [3.8, 4) is 11.5 Å². The predicted octanol–water partition coefficient (Wildman–Crippen LogP) is 3.69. The van der Waals surface area contributed by atoms with Gasteiger partial charge in [0.25, 0.3) is 11.8 Å². The zero-order chi connectivity index (χ0) is 17.7. The van der Waals surface area contributed by atoms with E-state index >= 15 is 0 Å². The first-order chi connectivity index (χ1) is 12.7. The average molecular weight is 341 g/mol. The third kappa shape index (κ3) is 2.05. The Morgan fingerprint density at radius 3 is 2.42 bits per heavy atom. The molecular weight excluding hydrogens is 330 g/mol. The van der Waals surface area contributed by atoms with Gasteiger partial charge in [-0.05, 0) is 48.5 Å². The van der Waals surface area contributed by atoms with Gasteiger partial charge in [0.15, 0.2) is 5.58 Å². The third-order valence-corrected chi connectivity index (χ3v) is 4.31. The van der Waals surface area contributed by atoms with E-state index in [1.54, 1.807) is 36.4 Å². The second kappa shape index (κ2) is 5.35. The maximum atomic E-state index is 12.5. The summed E-state index contributed by atoms with van der Waals surface area (Å²) >= 11 is 0. The summed E-state index contributed by atoms with van der Waals surface area (Å²) in [5.41, 5.74) is 3.23. The Labute approximate surface area is 147 Å². The summed E-state index contributed by atoms with van der Waals surface area (Å²) in [6, 6.07) is 17.7. The van der Waals surface area contributed by atoms with Gasteiger partial charge in [0.05, 0.1) is 11.3 Å². The lowest BCUT2D eigenvalue weighted by molar-refractivity contribution is 0.0924. The number of benzene rings is 2. The fraction of sp³-hybridized carbons (Fsp3) is 0. The van der Waals surface area contributed by atoms with Crippen molar-refractivity contribution in [2.75, 3.05) is 4.90 Å². The van der Waals surface area contributed by atoms with Crippen molar-refractivity contribution in [1.82, 2.24) is 9.97 Å². The molecule has 4 aromatic rings. The molecule has 0 bridgehead atoms. The Balaban J connectivity index is 1.51. The number of amides is 2. The number of hydrogen-bond acceptors (Lipinski definition) is 5. The Morgan fingerprint density at radius 1 is 0.846 bits per heavy atom. The van der Waals surface area contributed by atoms with Crippen molar-refractivity contribution in [1.29, 1.82) is 0 Å². The van der Waals surface area contributed by atoms with Gasteiger partial charge in [-0.15, -0.1) is 0 Å². The van der Waals surface area contributed by atoms with Crippen LogP contribution >= 0.6 is 0 Å². The normalized spacial score (nSPS) is 13.5. The minimum Gasteiger partial charge on any atom is -0.436 e. The number of oxazole rings is 1. The molecule has 2 aromatic carbocycles. The molecule has 0 fully saturated rings. The van der Waals surface area contributed by atoms with Gasteiger partial charge in [0, 0.05) is 11.8 Å². The number of imide groups is 1. The first-order valence-electron chi connectivity index (χ1n) is 8.02. The molecule has 0 radical (unpaired) electrons. The van der Waals surface area contributed by atoms with Gasteiger partial charge in [-0.2, -0.15) is 0 Å². The van der Waals surface area contributed by atoms with Crippen LogP contribution in [-0.4, -0.2) is 21.8 Å². The largest absolute Gasteiger partial charge is 0.436 e. The summed E-state index contributed by atoms with van der Waals surface area (Å²) in [5.74, 6) is -0.297. The molecule has 2 amide bonds. The lowest BCUT2D eigenvalue weighted by atomic mass is 10.2. The van der Waals surface area contributed by atoms with Gasteiger partial charge < -0.3 is 4.42 Å². The van der Waals surface area contributed by atoms with Crippen LogP contribution < -0.4 is 4.90 Å². The molecule has 0 saturated carbocycles. The monoisotopic (exact) mass is 341 g/mol. The topological polar surface area (TPSA) is 76.3 Å². The molecule has 26 heavy (non-hydrogen) atoms.